The summed E-state index contributed by atoms with van der Waals surface area (Å²) >= 11 is 0. The number of hydrogen-bond donors (Lipinski definition) is 1. The zero-order chi connectivity index (χ0) is 10.6. The van der Waals surface area contributed by atoms with E-state index in [1.807, 2.05) is 6.92 Å². The van der Waals surface area contributed by atoms with Crippen molar-refractivity contribution in [1.82, 2.24) is 5.32 Å². The predicted molar refractivity (Wildman–Crippen MR) is 56.1 cm³/mol. The van der Waals surface area contributed by atoms with Crippen LogP contribution in [0.2, 0.25) is 0 Å². The second-order valence-corrected chi connectivity index (χ2v) is 4.33. The van der Waals surface area contributed by atoms with Crippen LogP contribution in [0.25, 0.3) is 0 Å². The van der Waals surface area contributed by atoms with Crippen LogP contribution >= 0.6 is 0 Å². The smallest absolute Gasteiger partial charge is 0.407 e. The number of rotatable bonds is 2. The van der Waals surface area contributed by atoms with Crippen LogP contribution in [0.5, 0.6) is 0 Å². The van der Waals surface area contributed by atoms with Gasteiger partial charge < -0.3 is 10.1 Å². The van der Waals surface area contributed by atoms with Gasteiger partial charge in [0, 0.05) is 6.54 Å². The number of amides is 1. The van der Waals surface area contributed by atoms with Crippen molar-refractivity contribution >= 4 is 6.09 Å². The Balaban J connectivity index is 2.29. The van der Waals surface area contributed by atoms with Crippen molar-refractivity contribution in [1.29, 1.82) is 0 Å². The van der Waals surface area contributed by atoms with Crippen molar-refractivity contribution in [3.05, 3.63) is 0 Å². The zero-order valence-corrected chi connectivity index (χ0v) is 9.38. The third-order valence-corrected chi connectivity index (χ3v) is 3.14. The molecule has 1 saturated carbocycles. The first-order valence-corrected chi connectivity index (χ1v) is 5.58. The van der Waals surface area contributed by atoms with Crippen LogP contribution in [0.15, 0.2) is 0 Å². The van der Waals surface area contributed by atoms with Gasteiger partial charge in [-0.2, -0.15) is 0 Å². The molecule has 1 fully saturated rings. The fraction of sp³-hybridized carbons (Fsp3) is 0.909. The Morgan fingerprint density at radius 1 is 1.36 bits per heavy atom. The average Bonchev–Trinajstić information content (AvgIpc) is 2.12. The minimum Gasteiger partial charge on any atom is -0.446 e. The molecule has 1 rings (SSSR count). The third-order valence-electron chi connectivity index (χ3n) is 3.14. The number of hydrogen-bond acceptors (Lipinski definition) is 2. The molecule has 1 aliphatic carbocycles. The molecule has 0 bridgehead atoms. The number of carbonyl (C=O) groups excluding carboxylic acids is 1. The van der Waals surface area contributed by atoms with Gasteiger partial charge in [0.05, 0.1) is 0 Å². The fourth-order valence-corrected chi connectivity index (χ4v) is 1.94. The highest BCUT2D eigenvalue weighted by Crippen LogP contribution is 2.30. The van der Waals surface area contributed by atoms with Gasteiger partial charge in [-0.05, 0) is 38.0 Å². The number of ether oxygens (including phenoxy) is 1. The van der Waals surface area contributed by atoms with E-state index in [-0.39, 0.29) is 12.2 Å². The molecule has 1 amide bonds. The van der Waals surface area contributed by atoms with Crippen LogP contribution < -0.4 is 5.32 Å². The van der Waals surface area contributed by atoms with Crippen molar-refractivity contribution in [2.45, 2.75) is 46.1 Å². The normalized spacial score (nSPS) is 32.4. The molecule has 0 radical (unpaired) electrons. The highest BCUT2D eigenvalue weighted by atomic mass is 16.6. The summed E-state index contributed by atoms with van der Waals surface area (Å²) in [5.74, 6) is 1.44. The van der Waals surface area contributed by atoms with E-state index in [4.69, 9.17) is 4.74 Å². The van der Waals surface area contributed by atoms with Crippen molar-refractivity contribution in [3.63, 3.8) is 0 Å². The highest BCUT2D eigenvalue weighted by Gasteiger charge is 2.26. The second-order valence-electron chi connectivity index (χ2n) is 4.33. The lowest BCUT2D eigenvalue weighted by Crippen LogP contribution is -2.33. The summed E-state index contributed by atoms with van der Waals surface area (Å²) in [6.45, 7) is 7.04. The summed E-state index contributed by atoms with van der Waals surface area (Å²) in [4.78, 5) is 11.2. The van der Waals surface area contributed by atoms with E-state index in [2.05, 4.69) is 19.2 Å². The summed E-state index contributed by atoms with van der Waals surface area (Å²) in [6.07, 6.45) is 3.07. The Hall–Kier alpha value is -0.730. The van der Waals surface area contributed by atoms with Crippen molar-refractivity contribution < 1.29 is 9.53 Å². The lowest BCUT2D eigenvalue weighted by atomic mass is 9.80. The SMILES string of the molecule is CCNC(=O)OC1CCC(C)C(C)C1. The predicted octanol–water partition coefficient (Wildman–Crippen LogP) is 2.56. The molecule has 1 N–H and O–H groups in total. The fourth-order valence-electron chi connectivity index (χ4n) is 1.94. The standard InChI is InChI=1S/C11H21NO2/c1-4-12-11(13)14-10-6-5-8(2)9(3)7-10/h8-10H,4-7H2,1-3H3,(H,12,13). The van der Waals surface area contributed by atoms with Crippen LogP contribution in [0, 0.1) is 11.8 Å². The maximum absolute atomic E-state index is 11.2. The molecule has 3 atom stereocenters. The molecule has 3 unspecified atom stereocenters. The molecule has 0 aromatic heterocycles. The van der Waals surface area contributed by atoms with E-state index >= 15 is 0 Å². The van der Waals surface area contributed by atoms with Gasteiger partial charge in [-0.15, -0.1) is 0 Å². The monoisotopic (exact) mass is 199 g/mol. The van der Waals surface area contributed by atoms with Crippen molar-refractivity contribution in [3.8, 4) is 0 Å². The molecule has 1 aliphatic rings. The van der Waals surface area contributed by atoms with Crippen LogP contribution in [-0.4, -0.2) is 18.7 Å². The topological polar surface area (TPSA) is 38.3 Å². The lowest BCUT2D eigenvalue weighted by molar-refractivity contribution is 0.0479. The molecule has 0 saturated heterocycles. The van der Waals surface area contributed by atoms with Gasteiger partial charge in [0.1, 0.15) is 6.10 Å². The minimum atomic E-state index is -0.265. The van der Waals surface area contributed by atoms with Gasteiger partial charge in [0.2, 0.25) is 0 Å². The molecule has 0 heterocycles. The summed E-state index contributed by atoms with van der Waals surface area (Å²) in [5, 5.41) is 2.66. The molecular formula is C11H21NO2. The Labute approximate surface area is 86.2 Å². The van der Waals surface area contributed by atoms with Gasteiger partial charge in [-0.25, -0.2) is 4.79 Å². The molecule has 0 spiro atoms. The highest BCUT2D eigenvalue weighted by molar-refractivity contribution is 5.67. The Bertz CT molecular complexity index is 194. The second kappa shape index (κ2) is 5.23. The quantitative estimate of drug-likeness (QED) is 0.742. The van der Waals surface area contributed by atoms with Crippen LogP contribution in [0.3, 0.4) is 0 Å². The zero-order valence-electron chi connectivity index (χ0n) is 9.38. The van der Waals surface area contributed by atoms with Gasteiger partial charge >= 0.3 is 6.09 Å². The summed E-state index contributed by atoms with van der Waals surface area (Å²) in [6, 6.07) is 0. The largest absolute Gasteiger partial charge is 0.446 e. The van der Waals surface area contributed by atoms with Crippen LogP contribution in [-0.2, 0) is 4.74 Å². The van der Waals surface area contributed by atoms with Gasteiger partial charge in [0.15, 0.2) is 0 Å². The summed E-state index contributed by atoms with van der Waals surface area (Å²) in [7, 11) is 0. The van der Waals surface area contributed by atoms with Crippen LogP contribution in [0.4, 0.5) is 4.79 Å². The maximum Gasteiger partial charge on any atom is 0.407 e. The average molecular weight is 199 g/mol. The van der Waals surface area contributed by atoms with E-state index in [1.54, 1.807) is 0 Å². The summed E-state index contributed by atoms with van der Waals surface area (Å²) < 4.78 is 5.30. The van der Waals surface area contributed by atoms with E-state index < -0.39 is 0 Å². The van der Waals surface area contributed by atoms with E-state index in [9.17, 15) is 4.79 Å². The van der Waals surface area contributed by atoms with E-state index in [0.29, 0.717) is 12.5 Å². The molecule has 3 nitrogen and oxygen atoms in total. The Morgan fingerprint density at radius 3 is 2.64 bits per heavy atom. The van der Waals surface area contributed by atoms with Gasteiger partial charge in [-0.3, -0.25) is 0 Å². The summed E-state index contributed by atoms with van der Waals surface area (Å²) in [5.41, 5.74) is 0. The van der Waals surface area contributed by atoms with Gasteiger partial charge in [-0.1, -0.05) is 13.8 Å². The van der Waals surface area contributed by atoms with Crippen molar-refractivity contribution in [2.75, 3.05) is 6.54 Å². The van der Waals surface area contributed by atoms with E-state index in [1.165, 1.54) is 6.42 Å². The molecule has 82 valence electrons. The lowest BCUT2D eigenvalue weighted by Gasteiger charge is -2.31. The molecule has 3 heteroatoms. The first kappa shape index (κ1) is 11.3. The first-order chi connectivity index (χ1) is 6.63. The Morgan fingerprint density at radius 2 is 2.07 bits per heavy atom. The van der Waals surface area contributed by atoms with Crippen LogP contribution in [0.1, 0.15) is 40.0 Å². The number of alkyl carbamates (subject to hydrolysis) is 1. The van der Waals surface area contributed by atoms with Crippen molar-refractivity contribution in [2.24, 2.45) is 11.8 Å². The molecular weight excluding hydrogens is 178 g/mol. The first-order valence-electron chi connectivity index (χ1n) is 5.58. The number of carbonyl (C=O) groups is 1. The molecule has 0 aliphatic heterocycles. The van der Waals surface area contributed by atoms with E-state index in [0.717, 1.165) is 18.8 Å². The number of nitrogens with one attached hydrogen (secondary N) is 1. The maximum atomic E-state index is 11.2. The molecule has 14 heavy (non-hydrogen) atoms. The Kier molecular flexibility index (Phi) is 4.23. The van der Waals surface area contributed by atoms with Gasteiger partial charge in [0.25, 0.3) is 0 Å². The molecule has 0 aromatic rings. The minimum absolute atomic E-state index is 0.132. The third kappa shape index (κ3) is 3.20. The molecule has 0 aromatic carbocycles.